The van der Waals surface area contributed by atoms with E-state index in [4.69, 9.17) is 5.11 Å². The largest absolute Gasteiger partial charge is 0.481 e. The molecule has 4 heteroatoms. The summed E-state index contributed by atoms with van der Waals surface area (Å²) in [7, 11) is 0. The van der Waals surface area contributed by atoms with Crippen molar-refractivity contribution in [3.63, 3.8) is 0 Å². The lowest BCUT2D eigenvalue weighted by atomic mass is 9.97. The van der Waals surface area contributed by atoms with Crippen LogP contribution in [0.15, 0.2) is 0 Å². The highest BCUT2D eigenvalue weighted by molar-refractivity contribution is 5.66. The molecular formula is C12H24N2O2. The van der Waals surface area contributed by atoms with Crippen LogP contribution in [0.4, 0.5) is 0 Å². The molecule has 4 nitrogen and oxygen atoms in total. The summed E-state index contributed by atoms with van der Waals surface area (Å²) in [6.45, 7) is 7.71. The quantitative estimate of drug-likeness (QED) is 0.642. The summed E-state index contributed by atoms with van der Waals surface area (Å²) < 4.78 is 0. The molecule has 1 rings (SSSR count). The van der Waals surface area contributed by atoms with Crippen LogP contribution in [-0.4, -0.2) is 48.7 Å². The third-order valence-electron chi connectivity index (χ3n) is 3.33. The van der Waals surface area contributed by atoms with Crippen molar-refractivity contribution in [2.24, 2.45) is 5.92 Å². The van der Waals surface area contributed by atoms with Crippen LogP contribution >= 0.6 is 0 Å². The van der Waals surface area contributed by atoms with Gasteiger partial charge in [-0.1, -0.05) is 6.92 Å². The summed E-state index contributed by atoms with van der Waals surface area (Å²) in [6.07, 6.45) is 3.57. The van der Waals surface area contributed by atoms with Crippen LogP contribution in [-0.2, 0) is 4.79 Å². The van der Waals surface area contributed by atoms with Crippen LogP contribution in [0.5, 0.6) is 0 Å². The minimum Gasteiger partial charge on any atom is -0.481 e. The number of hydrogen-bond acceptors (Lipinski definition) is 3. The van der Waals surface area contributed by atoms with Gasteiger partial charge in [0.05, 0.1) is 0 Å². The Morgan fingerprint density at radius 3 is 2.69 bits per heavy atom. The van der Waals surface area contributed by atoms with Gasteiger partial charge in [0.25, 0.3) is 0 Å². The SMILES string of the molecule is CCN1CCC(CNCCCC(=O)O)CC1. The van der Waals surface area contributed by atoms with E-state index in [0.29, 0.717) is 0 Å². The summed E-state index contributed by atoms with van der Waals surface area (Å²) in [5, 5.41) is 11.8. The van der Waals surface area contributed by atoms with Crippen LogP contribution in [0.3, 0.4) is 0 Å². The van der Waals surface area contributed by atoms with Crippen LogP contribution < -0.4 is 5.32 Å². The topological polar surface area (TPSA) is 52.6 Å². The highest BCUT2D eigenvalue weighted by atomic mass is 16.4. The van der Waals surface area contributed by atoms with Gasteiger partial charge in [0.2, 0.25) is 0 Å². The van der Waals surface area contributed by atoms with Gasteiger partial charge >= 0.3 is 5.97 Å². The molecule has 0 aromatic rings. The number of piperidine rings is 1. The van der Waals surface area contributed by atoms with Crippen molar-refractivity contribution in [2.45, 2.75) is 32.6 Å². The van der Waals surface area contributed by atoms with Gasteiger partial charge in [-0.25, -0.2) is 0 Å². The van der Waals surface area contributed by atoms with Crippen LogP contribution in [0.2, 0.25) is 0 Å². The number of hydrogen-bond donors (Lipinski definition) is 2. The average molecular weight is 228 g/mol. The molecule has 0 aliphatic carbocycles. The Hall–Kier alpha value is -0.610. The minimum absolute atomic E-state index is 0.279. The van der Waals surface area contributed by atoms with E-state index >= 15 is 0 Å². The maximum Gasteiger partial charge on any atom is 0.303 e. The van der Waals surface area contributed by atoms with E-state index in [1.165, 1.54) is 32.5 Å². The molecule has 1 fully saturated rings. The normalized spacial score (nSPS) is 18.8. The predicted molar refractivity (Wildman–Crippen MR) is 64.6 cm³/mol. The third-order valence-corrected chi connectivity index (χ3v) is 3.33. The van der Waals surface area contributed by atoms with Gasteiger partial charge in [-0.05, 0) is 57.9 Å². The van der Waals surface area contributed by atoms with E-state index in [-0.39, 0.29) is 6.42 Å². The second-order valence-corrected chi connectivity index (χ2v) is 4.58. The summed E-state index contributed by atoms with van der Waals surface area (Å²) in [5.41, 5.74) is 0. The molecule has 0 saturated carbocycles. The summed E-state index contributed by atoms with van der Waals surface area (Å²) in [6, 6.07) is 0. The van der Waals surface area contributed by atoms with Crippen molar-refractivity contribution in [1.29, 1.82) is 0 Å². The predicted octanol–water partition coefficient (Wildman–Crippen LogP) is 1.17. The Morgan fingerprint density at radius 1 is 1.44 bits per heavy atom. The summed E-state index contributed by atoms with van der Waals surface area (Å²) in [4.78, 5) is 12.8. The van der Waals surface area contributed by atoms with Gasteiger partial charge in [-0.3, -0.25) is 4.79 Å². The zero-order valence-electron chi connectivity index (χ0n) is 10.2. The highest BCUT2D eigenvalue weighted by Gasteiger charge is 2.17. The zero-order chi connectivity index (χ0) is 11.8. The maximum atomic E-state index is 10.3. The van der Waals surface area contributed by atoms with Gasteiger partial charge in [0.1, 0.15) is 0 Å². The van der Waals surface area contributed by atoms with Crippen molar-refractivity contribution >= 4 is 5.97 Å². The molecule has 1 heterocycles. The molecule has 0 unspecified atom stereocenters. The molecule has 1 aliphatic heterocycles. The lowest BCUT2D eigenvalue weighted by Gasteiger charge is -2.31. The first kappa shape index (κ1) is 13.5. The molecular weight excluding hydrogens is 204 g/mol. The molecule has 0 radical (unpaired) electrons. The van der Waals surface area contributed by atoms with E-state index in [9.17, 15) is 4.79 Å². The maximum absolute atomic E-state index is 10.3. The van der Waals surface area contributed by atoms with E-state index in [0.717, 1.165) is 25.4 Å². The summed E-state index contributed by atoms with van der Waals surface area (Å²) in [5.74, 6) is 0.0886. The number of carboxylic acids is 1. The van der Waals surface area contributed by atoms with Crippen molar-refractivity contribution in [2.75, 3.05) is 32.7 Å². The van der Waals surface area contributed by atoms with Gasteiger partial charge in [0.15, 0.2) is 0 Å². The number of nitrogens with one attached hydrogen (secondary N) is 1. The average Bonchev–Trinajstić information content (AvgIpc) is 2.29. The van der Waals surface area contributed by atoms with Gasteiger partial charge < -0.3 is 15.3 Å². The molecule has 0 bridgehead atoms. The number of carboxylic acid groups (broad SMARTS) is 1. The highest BCUT2D eigenvalue weighted by Crippen LogP contribution is 2.15. The molecule has 0 amide bonds. The Morgan fingerprint density at radius 2 is 2.12 bits per heavy atom. The van der Waals surface area contributed by atoms with Gasteiger partial charge in [-0.15, -0.1) is 0 Å². The van der Waals surface area contributed by atoms with E-state index in [2.05, 4.69) is 17.1 Å². The van der Waals surface area contributed by atoms with Gasteiger partial charge in [0, 0.05) is 6.42 Å². The lowest BCUT2D eigenvalue weighted by Crippen LogP contribution is -2.37. The van der Waals surface area contributed by atoms with Crippen LogP contribution in [0, 0.1) is 5.92 Å². The summed E-state index contributed by atoms with van der Waals surface area (Å²) >= 11 is 0. The molecule has 0 aromatic carbocycles. The fraction of sp³-hybridized carbons (Fsp3) is 0.917. The Bertz CT molecular complexity index is 201. The molecule has 2 N–H and O–H groups in total. The van der Waals surface area contributed by atoms with Crippen LogP contribution in [0.1, 0.15) is 32.6 Å². The Labute approximate surface area is 98.0 Å². The van der Waals surface area contributed by atoms with E-state index < -0.39 is 5.97 Å². The third kappa shape index (κ3) is 5.47. The molecule has 1 aliphatic rings. The number of likely N-dealkylation sites (tertiary alicyclic amines) is 1. The molecule has 1 saturated heterocycles. The Balaban J connectivity index is 1.96. The first-order valence-electron chi connectivity index (χ1n) is 6.37. The zero-order valence-corrected chi connectivity index (χ0v) is 10.2. The fourth-order valence-corrected chi connectivity index (χ4v) is 2.18. The first-order valence-corrected chi connectivity index (χ1v) is 6.37. The standard InChI is InChI=1S/C12H24N2O2/c1-2-14-8-5-11(6-9-14)10-13-7-3-4-12(15)16/h11,13H,2-10H2,1H3,(H,15,16). The molecule has 94 valence electrons. The molecule has 0 atom stereocenters. The number of aliphatic carboxylic acids is 1. The van der Waals surface area contributed by atoms with Crippen LogP contribution in [0.25, 0.3) is 0 Å². The number of nitrogens with zero attached hydrogens (tertiary/aromatic N) is 1. The van der Waals surface area contributed by atoms with Crippen molar-refractivity contribution < 1.29 is 9.90 Å². The van der Waals surface area contributed by atoms with E-state index in [1.807, 2.05) is 0 Å². The monoisotopic (exact) mass is 228 g/mol. The van der Waals surface area contributed by atoms with Crippen molar-refractivity contribution in [3.8, 4) is 0 Å². The molecule has 16 heavy (non-hydrogen) atoms. The fourth-order valence-electron chi connectivity index (χ4n) is 2.18. The van der Waals surface area contributed by atoms with Crippen molar-refractivity contribution in [3.05, 3.63) is 0 Å². The smallest absolute Gasteiger partial charge is 0.303 e. The minimum atomic E-state index is -0.696. The van der Waals surface area contributed by atoms with Crippen molar-refractivity contribution in [1.82, 2.24) is 10.2 Å². The number of carbonyl (C=O) groups is 1. The number of rotatable bonds is 7. The molecule has 0 aromatic heterocycles. The Kier molecular flexibility index (Phi) is 6.42. The van der Waals surface area contributed by atoms with E-state index in [1.54, 1.807) is 0 Å². The second kappa shape index (κ2) is 7.63. The van der Waals surface area contributed by atoms with Gasteiger partial charge in [-0.2, -0.15) is 0 Å². The lowest BCUT2D eigenvalue weighted by molar-refractivity contribution is -0.137. The molecule has 0 spiro atoms. The second-order valence-electron chi connectivity index (χ2n) is 4.58. The first-order chi connectivity index (χ1) is 7.72.